The fourth-order valence-corrected chi connectivity index (χ4v) is 4.22. The average Bonchev–Trinajstić information content (AvgIpc) is 2.99. The summed E-state index contributed by atoms with van der Waals surface area (Å²) in [5.41, 5.74) is 1.18. The molecule has 0 saturated heterocycles. The van der Waals surface area contributed by atoms with Crippen molar-refractivity contribution in [1.82, 2.24) is 9.88 Å². The molecule has 0 aliphatic carbocycles. The number of esters is 1. The summed E-state index contributed by atoms with van der Waals surface area (Å²) < 4.78 is 37.1. The predicted octanol–water partition coefficient (Wildman–Crippen LogP) is 2.86. The number of hydrogen-bond donors (Lipinski definition) is 1. The van der Waals surface area contributed by atoms with Gasteiger partial charge < -0.3 is 9.26 Å². The molecule has 3 rings (SSSR count). The van der Waals surface area contributed by atoms with Crippen LogP contribution in [0.4, 0.5) is 0 Å². The van der Waals surface area contributed by atoms with Gasteiger partial charge in [0.25, 0.3) is 0 Å². The van der Waals surface area contributed by atoms with E-state index in [-0.39, 0.29) is 35.9 Å². The largest absolute Gasteiger partial charge is 0.461 e. The van der Waals surface area contributed by atoms with Crippen molar-refractivity contribution in [2.24, 2.45) is 0 Å². The average molecular weight is 388 g/mol. The van der Waals surface area contributed by atoms with E-state index in [0.717, 1.165) is 16.3 Å². The molecule has 7 nitrogen and oxygen atoms in total. The Labute approximate surface area is 157 Å². The van der Waals surface area contributed by atoms with E-state index in [2.05, 4.69) is 9.88 Å². The second-order valence-electron chi connectivity index (χ2n) is 6.10. The molecule has 0 aliphatic rings. The van der Waals surface area contributed by atoms with Crippen molar-refractivity contribution in [3.05, 3.63) is 59.5 Å². The lowest BCUT2D eigenvalue weighted by molar-refractivity contribution is -0.144. The molecule has 0 fully saturated rings. The van der Waals surface area contributed by atoms with Gasteiger partial charge >= 0.3 is 5.97 Å². The highest BCUT2D eigenvalue weighted by molar-refractivity contribution is 7.89. The first-order valence-corrected chi connectivity index (χ1v) is 9.91. The van der Waals surface area contributed by atoms with Gasteiger partial charge in [-0.25, -0.2) is 13.1 Å². The number of ether oxygens (including phenoxy) is 1. The van der Waals surface area contributed by atoms with Crippen LogP contribution in [-0.2, 0) is 26.2 Å². The molecule has 3 aromatic rings. The van der Waals surface area contributed by atoms with Crippen molar-refractivity contribution in [3.63, 3.8) is 0 Å². The molecule has 8 heteroatoms. The number of aryl methyl sites for hydroxylation is 2. The molecule has 1 heterocycles. The molecule has 0 atom stereocenters. The molecule has 0 bridgehead atoms. The summed E-state index contributed by atoms with van der Waals surface area (Å²) in [7, 11) is -3.78. The number of fused-ring (bicyclic) bond motifs is 1. The highest BCUT2D eigenvalue weighted by Crippen LogP contribution is 2.20. The zero-order chi connectivity index (χ0) is 19.4. The highest BCUT2D eigenvalue weighted by atomic mass is 32.2. The maximum atomic E-state index is 12.3. The minimum absolute atomic E-state index is 0.00613. The first kappa shape index (κ1) is 19.1. The van der Waals surface area contributed by atoms with Crippen LogP contribution in [-0.4, -0.2) is 26.1 Å². The molecule has 0 amide bonds. The van der Waals surface area contributed by atoms with E-state index >= 15 is 0 Å². The number of nitrogens with one attached hydrogen (secondary N) is 1. The van der Waals surface area contributed by atoms with E-state index in [4.69, 9.17) is 9.26 Å². The Morgan fingerprint density at radius 3 is 2.63 bits per heavy atom. The number of nitrogens with zero attached hydrogens (tertiary/aromatic N) is 1. The van der Waals surface area contributed by atoms with Gasteiger partial charge in [-0.05, 0) is 30.2 Å². The van der Waals surface area contributed by atoms with Crippen LogP contribution in [0.1, 0.15) is 23.4 Å². The van der Waals surface area contributed by atoms with Crippen molar-refractivity contribution < 1.29 is 22.5 Å². The summed E-state index contributed by atoms with van der Waals surface area (Å²) in [6.45, 7) is 3.13. The third-order valence-corrected chi connectivity index (χ3v) is 5.83. The summed E-state index contributed by atoms with van der Waals surface area (Å²) >= 11 is 0. The van der Waals surface area contributed by atoms with Gasteiger partial charge in [0, 0.05) is 6.54 Å². The second-order valence-corrected chi connectivity index (χ2v) is 7.80. The number of benzene rings is 2. The van der Waals surface area contributed by atoms with Crippen LogP contribution in [0.2, 0.25) is 0 Å². The number of rotatable bonds is 7. The fourth-order valence-electron chi connectivity index (χ4n) is 2.87. The molecule has 0 unspecified atom stereocenters. The fraction of sp³-hybridized carbons (Fsp3) is 0.263. The van der Waals surface area contributed by atoms with Gasteiger partial charge in [0.15, 0.2) is 5.76 Å². The van der Waals surface area contributed by atoms with E-state index in [0.29, 0.717) is 0 Å². The minimum atomic E-state index is -3.78. The lowest BCUT2D eigenvalue weighted by Gasteiger charge is -2.09. The van der Waals surface area contributed by atoms with Crippen molar-refractivity contribution in [2.75, 3.05) is 6.54 Å². The molecular weight excluding hydrogens is 368 g/mol. The van der Waals surface area contributed by atoms with Crippen LogP contribution in [0.15, 0.2) is 51.9 Å². The summed E-state index contributed by atoms with van der Waals surface area (Å²) in [5, 5.41) is 5.72. The molecule has 0 spiro atoms. The summed E-state index contributed by atoms with van der Waals surface area (Å²) in [4.78, 5) is 12.0. The second kappa shape index (κ2) is 7.89. The lowest BCUT2D eigenvalue weighted by atomic mass is 10.1. The van der Waals surface area contributed by atoms with Crippen molar-refractivity contribution in [3.8, 4) is 0 Å². The first-order valence-electron chi connectivity index (χ1n) is 8.43. The van der Waals surface area contributed by atoms with Crippen LogP contribution in [0.3, 0.4) is 0 Å². The summed E-state index contributed by atoms with van der Waals surface area (Å²) in [5.74, 6) is -0.275. The zero-order valence-electron chi connectivity index (χ0n) is 15.1. The molecule has 2 aromatic carbocycles. The predicted molar refractivity (Wildman–Crippen MR) is 99.5 cm³/mol. The Morgan fingerprint density at radius 2 is 1.89 bits per heavy atom. The Bertz CT molecular complexity index is 1050. The maximum absolute atomic E-state index is 12.3. The van der Waals surface area contributed by atoms with Crippen LogP contribution in [0, 0.1) is 13.8 Å². The van der Waals surface area contributed by atoms with Gasteiger partial charge in [0.05, 0.1) is 6.42 Å². The molecule has 1 aromatic heterocycles. The number of carbonyl (C=O) groups is 1. The normalized spacial score (nSPS) is 11.6. The first-order chi connectivity index (χ1) is 12.9. The third kappa shape index (κ3) is 4.35. The van der Waals surface area contributed by atoms with E-state index in [9.17, 15) is 13.2 Å². The molecule has 0 radical (unpaired) electrons. The van der Waals surface area contributed by atoms with Gasteiger partial charge in [-0.2, -0.15) is 0 Å². The number of aromatic nitrogens is 1. The Hall–Kier alpha value is -2.71. The molecular formula is C19H20N2O5S. The van der Waals surface area contributed by atoms with Crippen LogP contribution in [0.5, 0.6) is 0 Å². The molecule has 0 saturated carbocycles. The van der Waals surface area contributed by atoms with Gasteiger partial charge in [0.1, 0.15) is 17.2 Å². The lowest BCUT2D eigenvalue weighted by Crippen LogP contribution is -2.27. The highest BCUT2D eigenvalue weighted by Gasteiger charge is 2.24. The van der Waals surface area contributed by atoms with E-state index in [1.165, 1.54) is 6.92 Å². The van der Waals surface area contributed by atoms with Crippen LogP contribution >= 0.6 is 0 Å². The molecule has 0 aliphatic heterocycles. The SMILES string of the molecule is Cc1noc(C)c1S(=O)(=O)NCCC(=O)OCc1cccc2ccccc12. The van der Waals surface area contributed by atoms with Gasteiger partial charge in [-0.15, -0.1) is 0 Å². The number of sulfonamides is 1. The number of carbonyl (C=O) groups excluding carboxylic acids is 1. The number of hydrogen-bond acceptors (Lipinski definition) is 6. The summed E-state index contributed by atoms with van der Waals surface area (Å²) in [6.07, 6.45) is -0.0760. The summed E-state index contributed by atoms with van der Waals surface area (Å²) in [6, 6.07) is 13.6. The maximum Gasteiger partial charge on any atom is 0.307 e. The quantitative estimate of drug-likeness (QED) is 0.625. The monoisotopic (exact) mass is 388 g/mol. The van der Waals surface area contributed by atoms with Crippen molar-refractivity contribution in [1.29, 1.82) is 0 Å². The van der Waals surface area contributed by atoms with Crippen molar-refractivity contribution in [2.45, 2.75) is 31.8 Å². The van der Waals surface area contributed by atoms with Gasteiger partial charge in [-0.1, -0.05) is 47.6 Å². The standard InChI is InChI=1S/C19H20N2O5S/c1-13-19(14(2)26-21-13)27(23,24)20-11-10-18(22)25-12-16-8-5-7-15-6-3-4-9-17(15)16/h3-9,20H,10-12H2,1-2H3. The van der Waals surface area contributed by atoms with Gasteiger partial charge in [0.2, 0.25) is 10.0 Å². The Balaban J connectivity index is 1.54. The molecule has 27 heavy (non-hydrogen) atoms. The zero-order valence-corrected chi connectivity index (χ0v) is 15.9. The Morgan fingerprint density at radius 1 is 1.15 bits per heavy atom. The molecule has 142 valence electrons. The minimum Gasteiger partial charge on any atom is -0.461 e. The topological polar surface area (TPSA) is 98.5 Å². The van der Waals surface area contributed by atoms with Crippen LogP contribution in [0.25, 0.3) is 10.8 Å². The third-order valence-electron chi connectivity index (χ3n) is 4.13. The van der Waals surface area contributed by atoms with E-state index in [1.54, 1.807) is 6.92 Å². The smallest absolute Gasteiger partial charge is 0.307 e. The Kier molecular flexibility index (Phi) is 5.57. The van der Waals surface area contributed by atoms with Crippen molar-refractivity contribution >= 4 is 26.8 Å². The molecule has 1 N–H and O–H groups in total. The van der Waals surface area contributed by atoms with Crippen LogP contribution < -0.4 is 4.72 Å². The van der Waals surface area contributed by atoms with E-state index < -0.39 is 16.0 Å². The van der Waals surface area contributed by atoms with E-state index in [1.807, 2.05) is 42.5 Å². The van der Waals surface area contributed by atoms with Gasteiger partial charge in [-0.3, -0.25) is 4.79 Å².